The van der Waals surface area contributed by atoms with Crippen molar-refractivity contribution in [3.05, 3.63) is 100 Å². The zero-order valence-electron chi connectivity index (χ0n) is 20.8. The third-order valence-electron chi connectivity index (χ3n) is 6.37. The molecular weight excluding hydrogens is 524 g/mol. The monoisotopic (exact) mass is 544 g/mol. The number of anilines is 2. The van der Waals surface area contributed by atoms with E-state index >= 15 is 0 Å². The number of quaternary nitrogens is 1. The van der Waals surface area contributed by atoms with Gasteiger partial charge >= 0.3 is 5.91 Å². The number of carbonyl (C=O) groups is 1. The van der Waals surface area contributed by atoms with Crippen LogP contribution in [0.2, 0.25) is 5.02 Å². The highest BCUT2D eigenvalue weighted by atomic mass is 35.5. The lowest BCUT2D eigenvalue weighted by molar-refractivity contribution is 0.0891. The number of hydrogen-bond donors (Lipinski definition) is 2. The minimum absolute atomic E-state index is 0.00763. The molecule has 0 saturated carbocycles. The normalized spacial score (nSPS) is 17.1. The summed E-state index contributed by atoms with van der Waals surface area (Å²) in [5.41, 5.74) is 6.69. The molecule has 5 rings (SSSR count). The first kappa shape index (κ1) is 25.9. The van der Waals surface area contributed by atoms with Crippen LogP contribution < -0.4 is 15.5 Å². The van der Waals surface area contributed by atoms with Crippen molar-refractivity contribution in [3.63, 3.8) is 0 Å². The molecule has 2 heterocycles. The standard InChI is InChI=1S/C28H21ClF2N7O/c1-15(34-26-21(14-32)25(33)35-16(2)36-26)27-37-23-10-6-9-22(29)24(23)28(39)38(27,19-7-4-3-5-8-19)20-12-17(30)11-18(31)13-20/h3-13,15H,1-2H3,(H3,33,34,35,36)/q+1/t15?,38-/m0/s1. The molecule has 0 fully saturated rings. The first-order valence-corrected chi connectivity index (χ1v) is 12.2. The molecule has 8 nitrogen and oxygen atoms in total. The minimum Gasteiger partial charge on any atom is -0.382 e. The summed E-state index contributed by atoms with van der Waals surface area (Å²) in [6, 6.07) is 17.4. The number of carbonyl (C=O) groups excluding carboxylic acids is 1. The van der Waals surface area contributed by atoms with Crippen LogP contribution in [0.3, 0.4) is 0 Å². The molecule has 3 N–H and O–H groups in total. The number of halogens is 3. The molecular formula is C28H21ClF2N7O+. The van der Waals surface area contributed by atoms with Gasteiger partial charge < -0.3 is 11.1 Å². The molecule has 0 aliphatic carbocycles. The molecule has 11 heteroatoms. The molecule has 3 aromatic carbocycles. The van der Waals surface area contributed by atoms with Crippen LogP contribution in [-0.2, 0) is 0 Å². The van der Waals surface area contributed by atoms with Gasteiger partial charge in [-0.2, -0.15) is 10.3 Å². The molecule has 1 aliphatic rings. The SMILES string of the molecule is Cc1nc(N)c(C#N)c(NC(C)C2=Nc3cccc(Cl)c3C(=O)[N@@+]2(c2ccccc2)c2cc(F)cc(F)c2)n1. The van der Waals surface area contributed by atoms with Crippen LogP contribution in [0.5, 0.6) is 0 Å². The molecule has 4 aromatic rings. The van der Waals surface area contributed by atoms with Crippen LogP contribution >= 0.6 is 11.6 Å². The number of nitriles is 1. The Kier molecular flexibility index (Phi) is 6.56. The molecule has 0 radical (unpaired) electrons. The summed E-state index contributed by atoms with van der Waals surface area (Å²) in [5.74, 6) is -1.73. The van der Waals surface area contributed by atoms with Crippen LogP contribution in [0.15, 0.2) is 71.7 Å². The maximum Gasteiger partial charge on any atom is 0.365 e. The Morgan fingerprint density at radius 3 is 2.38 bits per heavy atom. The number of nitrogens with one attached hydrogen (secondary N) is 1. The number of rotatable bonds is 5. The van der Waals surface area contributed by atoms with Crippen LogP contribution in [0, 0.1) is 29.9 Å². The van der Waals surface area contributed by atoms with Gasteiger partial charge in [-0.15, -0.1) is 4.48 Å². The van der Waals surface area contributed by atoms with Crippen molar-refractivity contribution in [2.75, 3.05) is 11.1 Å². The number of fused-ring (bicyclic) bond motifs is 1. The number of amides is 1. The largest absolute Gasteiger partial charge is 0.382 e. The van der Waals surface area contributed by atoms with E-state index in [-0.39, 0.29) is 45.0 Å². The number of nitrogens with zero attached hydrogens (tertiary/aromatic N) is 5. The summed E-state index contributed by atoms with van der Waals surface area (Å²) in [4.78, 5) is 27.8. The van der Waals surface area contributed by atoms with E-state index in [4.69, 9.17) is 22.3 Å². The Bertz CT molecular complexity index is 1680. The fraction of sp³-hybridized carbons (Fsp3) is 0.107. The van der Waals surface area contributed by atoms with Gasteiger partial charge in [-0.1, -0.05) is 35.9 Å². The highest BCUT2D eigenvalue weighted by Crippen LogP contribution is 2.46. The summed E-state index contributed by atoms with van der Waals surface area (Å²) < 4.78 is 28.6. The molecule has 0 spiro atoms. The van der Waals surface area contributed by atoms with Crippen LogP contribution in [0.25, 0.3) is 0 Å². The van der Waals surface area contributed by atoms with Crippen molar-refractivity contribution < 1.29 is 13.6 Å². The predicted octanol–water partition coefficient (Wildman–Crippen LogP) is 6.19. The molecule has 1 unspecified atom stereocenters. The third kappa shape index (κ3) is 4.27. The van der Waals surface area contributed by atoms with E-state index in [1.165, 1.54) is 0 Å². The zero-order chi connectivity index (χ0) is 27.9. The van der Waals surface area contributed by atoms with Gasteiger partial charge in [-0.3, -0.25) is 0 Å². The average Bonchev–Trinajstić information content (AvgIpc) is 2.88. The quantitative estimate of drug-likeness (QED) is 0.289. The number of benzene rings is 3. The smallest absolute Gasteiger partial charge is 0.365 e. The lowest BCUT2D eigenvalue weighted by atomic mass is 10.00. The summed E-state index contributed by atoms with van der Waals surface area (Å²) in [5, 5.41) is 13.0. The summed E-state index contributed by atoms with van der Waals surface area (Å²) in [7, 11) is 0. The molecule has 39 heavy (non-hydrogen) atoms. The van der Waals surface area contributed by atoms with E-state index in [0.29, 0.717) is 11.5 Å². The van der Waals surface area contributed by atoms with Crippen LogP contribution in [0.4, 0.5) is 37.5 Å². The van der Waals surface area contributed by atoms with Gasteiger partial charge in [0.1, 0.15) is 46.5 Å². The second-order valence-electron chi connectivity index (χ2n) is 8.90. The highest BCUT2D eigenvalue weighted by Gasteiger charge is 2.54. The predicted molar refractivity (Wildman–Crippen MR) is 146 cm³/mol. The van der Waals surface area contributed by atoms with Crippen molar-refractivity contribution in [1.82, 2.24) is 14.5 Å². The van der Waals surface area contributed by atoms with E-state index in [1.807, 2.05) is 6.07 Å². The maximum absolute atomic E-state index is 14.7. The van der Waals surface area contributed by atoms with E-state index < -0.39 is 28.1 Å². The molecule has 194 valence electrons. The van der Waals surface area contributed by atoms with Crippen molar-refractivity contribution in [2.24, 2.45) is 4.99 Å². The Labute approximate surface area is 227 Å². The van der Waals surface area contributed by atoms with Gasteiger partial charge in [0.15, 0.2) is 17.2 Å². The number of aryl methyl sites for hydroxylation is 1. The second-order valence-corrected chi connectivity index (χ2v) is 9.31. The Hall–Kier alpha value is -4.72. The fourth-order valence-corrected chi connectivity index (χ4v) is 5.04. The summed E-state index contributed by atoms with van der Waals surface area (Å²) >= 11 is 6.50. The van der Waals surface area contributed by atoms with Gasteiger partial charge in [0, 0.05) is 30.3 Å². The number of aromatic nitrogens is 2. The number of amidine groups is 1. The number of hydrogen-bond acceptors (Lipinski definition) is 7. The first-order chi connectivity index (χ1) is 18.7. The number of nitrogens with two attached hydrogens (primary N) is 1. The Morgan fingerprint density at radius 2 is 1.72 bits per heavy atom. The topological polar surface area (TPSA) is 117 Å². The number of aliphatic imine (C=N–C) groups is 1. The summed E-state index contributed by atoms with van der Waals surface area (Å²) in [6.07, 6.45) is 0. The number of nitrogen functional groups attached to an aromatic ring is 1. The van der Waals surface area contributed by atoms with Gasteiger partial charge in [-0.25, -0.2) is 23.5 Å². The third-order valence-corrected chi connectivity index (χ3v) is 6.68. The zero-order valence-corrected chi connectivity index (χ0v) is 21.5. The van der Waals surface area contributed by atoms with Crippen molar-refractivity contribution in [2.45, 2.75) is 19.9 Å². The Balaban J connectivity index is 1.84. The van der Waals surface area contributed by atoms with Gasteiger partial charge in [0.05, 0.1) is 10.7 Å². The molecule has 1 amide bonds. The summed E-state index contributed by atoms with van der Waals surface area (Å²) in [6.45, 7) is 3.31. The van der Waals surface area contributed by atoms with Crippen LogP contribution in [-0.4, -0.2) is 27.8 Å². The molecule has 1 aromatic heterocycles. The first-order valence-electron chi connectivity index (χ1n) is 11.8. The van der Waals surface area contributed by atoms with Crippen molar-refractivity contribution >= 4 is 52.0 Å². The van der Waals surface area contributed by atoms with Crippen LogP contribution in [0.1, 0.15) is 28.7 Å². The molecule has 2 atom stereocenters. The van der Waals surface area contributed by atoms with Gasteiger partial charge in [0.2, 0.25) is 5.84 Å². The maximum atomic E-state index is 14.7. The molecule has 1 aliphatic heterocycles. The highest BCUT2D eigenvalue weighted by molar-refractivity contribution is 6.38. The van der Waals surface area contributed by atoms with Crippen molar-refractivity contribution in [1.29, 1.82) is 5.26 Å². The fourth-order valence-electron chi connectivity index (χ4n) is 4.79. The van der Waals surface area contributed by atoms with Gasteiger partial charge in [-0.05, 0) is 26.0 Å². The number of para-hydroxylation sites is 1. The lowest BCUT2D eigenvalue weighted by Crippen LogP contribution is -2.60. The average molecular weight is 545 g/mol. The van der Waals surface area contributed by atoms with E-state index in [9.17, 15) is 18.8 Å². The van der Waals surface area contributed by atoms with E-state index in [1.54, 1.807) is 62.4 Å². The molecule has 0 saturated heterocycles. The second kappa shape index (κ2) is 9.87. The van der Waals surface area contributed by atoms with Crippen molar-refractivity contribution in [3.8, 4) is 6.07 Å². The van der Waals surface area contributed by atoms with E-state index in [2.05, 4.69) is 15.3 Å². The Morgan fingerprint density at radius 1 is 1.03 bits per heavy atom. The minimum atomic E-state index is -0.873. The van der Waals surface area contributed by atoms with E-state index in [0.717, 1.165) is 18.2 Å². The lowest BCUT2D eigenvalue weighted by Gasteiger charge is -2.39. The molecule has 0 bridgehead atoms. The van der Waals surface area contributed by atoms with Gasteiger partial charge in [0.25, 0.3) is 0 Å².